The van der Waals surface area contributed by atoms with Crippen molar-refractivity contribution in [2.75, 3.05) is 6.61 Å². The van der Waals surface area contributed by atoms with E-state index in [-0.39, 0.29) is 31.7 Å². The van der Waals surface area contributed by atoms with Gasteiger partial charge in [0, 0.05) is 30.3 Å². The number of nitrogens with zero attached hydrogens (tertiary/aromatic N) is 2. The Balaban J connectivity index is 2.09. The molecule has 36 heavy (non-hydrogen) atoms. The average molecular weight is 488 g/mol. The molecule has 1 aliphatic heterocycles. The smallest absolute Gasteiger partial charge is 0.337 e. The van der Waals surface area contributed by atoms with Gasteiger partial charge in [-0.15, -0.1) is 0 Å². The lowest BCUT2D eigenvalue weighted by atomic mass is 9.83. The molecule has 0 bridgehead atoms. The van der Waals surface area contributed by atoms with Crippen molar-refractivity contribution in [2.24, 2.45) is 0 Å². The van der Waals surface area contributed by atoms with Crippen LogP contribution in [0.2, 0.25) is 0 Å². The molecular weight excluding hydrogens is 462 g/mol. The molecule has 0 saturated heterocycles. The Bertz CT molecular complexity index is 1250. The highest BCUT2D eigenvalue weighted by atomic mass is 16.6. The van der Waals surface area contributed by atoms with Gasteiger partial charge in [0.1, 0.15) is 24.9 Å². The minimum atomic E-state index is -0.765. The van der Waals surface area contributed by atoms with Crippen LogP contribution in [0.3, 0.4) is 0 Å². The molecule has 2 aromatic carbocycles. The van der Waals surface area contributed by atoms with Crippen LogP contribution >= 0.6 is 0 Å². The van der Waals surface area contributed by atoms with Crippen molar-refractivity contribution in [1.29, 1.82) is 5.26 Å². The van der Waals surface area contributed by atoms with Crippen LogP contribution in [0.25, 0.3) is 0 Å². The number of dihydropyridines is 1. The van der Waals surface area contributed by atoms with E-state index in [2.05, 4.69) is 5.32 Å². The number of carbonyl (C=O) groups is 1. The molecule has 3 rings (SSSR count). The molecule has 1 unspecified atom stereocenters. The topological polar surface area (TPSA) is 132 Å². The third-order valence-corrected chi connectivity index (χ3v) is 5.56. The predicted octanol–water partition coefficient (Wildman–Crippen LogP) is 4.61. The third-order valence-electron chi connectivity index (χ3n) is 5.56. The molecule has 0 aliphatic carbocycles. The lowest BCUT2D eigenvalue weighted by Crippen LogP contribution is -2.31. The first-order chi connectivity index (χ1) is 17.5. The Morgan fingerprint density at radius 1 is 1.17 bits per heavy atom. The molecule has 0 aromatic heterocycles. The number of hydrogen-bond donors (Lipinski definition) is 1. The van der Waals surface area contributed by atoms with Gasteiger partial charge in [0.05, 0.1) is 34.6 Å². The van der Waals surface area contributed by atoms with Crippen molar-refractivity contribution in [3.8, 4) is 6.07 Å². The van der Waals surface area contributed by atoms with Gasteiger partial charge in [-0.3, -0.25) is 10.1 Å². The van der Waals surface area contributed by atoms with Crippen molar-refractivity contribution in [1.82, 2.24) is 5.32 Å². The highest BCUT2D eigenvalue weighted by molar-refractivity contribution is 5.92. The van der Waals surface area contributed by atoms with Crippen LogP contribution < -0.4 is 5.32 Å². The van der Waals surface area contributed by atoms with Gasteiger partial charge in [-0.25, -0.2) is 9.59 Å². The van der Waals surface area contributed by atoms with Crippen molar-refractivity contribution in [2.45, 2.75) is 38.7 Å². The Morgan fingerprint density at radius 2 is 1.89 bits per heavy atom. The van der Waals surface area contributed by atoms with Crippen LogP contribution in [-0.4, -0.2) is 23.4 Å². The number of rotatable bonds is 11. The number of benzene rings is 2. The van der Waals surface area contributed by atoms with Gasteiger partial charge in [-0.1, -0.05) is 49.4 Å². The Morgan fingerprint density at radius 3 is 2.50 bits per heavy atom. The molecule has 9 heteroatoms. The van der Waals surface area contributed by atoms with Crippen LogP contribution in [0.15, 0.2) is 83.4 Å². The number of hydrogen-bond acceptors (Lipinski definition) is 8. The van der Waals surface area contributed by atoms with E-state index in [0.717, 1.165) is 5.56 Å². The average Bonchev–Trinajstić information content (AvgIpc) is 2.91. The standard InChI is InChI=1S/C27H25N3O6/c1-2-22-25(27(32)36-18-19-8-4-3-5-9-19)24(20-11-13-21(14-12-20)30(33)34)26(35-17-7-15-28)23(29-22)10-6-16-31/h3-6,8-9,11-14,24,29H,2,7,10,17-18H2,1H3. The molecule has 0 spiro atoms. The number of non-ortho nitro benzene ring substituents is 1. The summed E-state index contributed by atoms with van der Waals surface area (Å²) in [7, 11) is 0. The van der Waals surface area contributed by atoms with Crippen molar-refractivity contribution in [3.05, 3.63) is 105 Å². The largest absolute Gasteiger partial charge is 0.494 e. The Kier molecular flexibility index (Phi) is 9.15. The van der Waals surface area contributed by atoms with Gasteiger partial charge >= 0.3 is 5.97 Å². The molecule has 2 aromatic rings. The lowest BCUT2D eigenvalue weighted by molar-refractivity contribution is -0.384. The second-order valence-corrected chi connectivity index (χ2v) is 7.84. The van der Waals surface area contributed by atoms with Gasteiger partial charge in [0.15, 0.2) is 0 Å². The molecule has 184 valence electrons. The first-order valence-electron chi connectivity index (χ1n) is 11.4. The van der Waals surface area contributed by atoms with Crippen LogP contribution in [0.1, 0.15) is 43.2 Å². The highest BCUT2D eigenvalue weighted by Gasteiger charge is 2.37. The van der Waals surface area contributed by atoms with E-state index in [1.165, 1.54) is 18.2 Å². The first kappa shape index (κ1) is 25.9. The second-order valence-electron chi connectivity index (χ2n) is 7.84. The van der Waals surface area contributed by atoms with E-state index in [4.69, 9.17) is 14.7 Å². The van der Waals surface area contributed by atoms with Crippen molar-refractivity contribution >= 4 is 17.6 Å². The zero-order valence-electron chi connectivity index (χ0n) is 19.7. The Labute approximate surface area is 208 Å². The minimum Gasteiger partial charge on any atom is -0.494 e. The monoisotopic (exact) mass is 487 g/mol. The number of nitrogens with one attached hydrogen (secondary N) is 1. The Hall–Kier alpha value is -4.67. The van der Waals surface area contributed by atoms with Gasteiger partial charge in [0.25, 0.3) is 5.69 Å². The maximum absolute atomic E-state index is 13.5. The van der Waals surface area contributed by atoms with Gasteiger partial charge in [0.2, 0.25) is 0 Å². The van der Waals surface area contributed by atoms with E-state index in [1.54, 1.807) is 18.1 Å². The van der Waals surface area contributed by atoms with E-state index in [0.29, 0.717) is 34.7 Å². The number of ether oxygens (including phenoxy) is 2. The number of carbonyl (C=O) groups excluding carboxylic acids is 2. The van der Waals surface area contributed by atoms with E-state index >= 15 is 0 Å². The molecule has 0 fully saturated rings. The summed E-state index contributed by atoms with van der Waals surface area (Å²) in [6, 6.07) is 17.1. The summed E-state index contributed by atoms with van der Waals surface area (Å²) >= 11 is 0. The predicted molar refractivity (Wildman–Crippen MR) is 131 cm³/mol. The molecular formula is C27H25N3O6. The summed E-state index contributed by atoms with van der Waals surface area (Å²) in [4.78, 5) is 35.1. The van der Waals surface area contributed by atoms with Gasteiger partial charge < -0.3 is 14.8 Å². The number of nitriles is 1. The third kappa shape index (κ3) is 6.26. The van der Waals surface area contributed by atoms with Crippen LogP contribution in [0.5, 0.6) is 0 Å². The van der Waals surface area contributed by atoms with E-state index < -0.39 is 16.8 Å². The van der Waals surface area contributed by atoms with Gasteiger partial charge in [-0.05, 0) is 17.5 Å². The van der Waals surface area contributed by atoms with E-state index in [9.17, 15) is 19.7 Å². The molecule has 0 amide bonds. The quantitative estimate of drug-likeness (QED) is 0.160. The number of allylic oxidation sites excluding steroid dienone is 3. The fraction of sp³-hybridized carbons (Fsp3) is 0.259. The molecule has 0 radical (unpaired) electrons. The summed E-state index contributed by atoms with van der Waals surface area (Å²) in [5, 5.41) is 23.4. The summed E-state index contributed by atoms with van der Waals surface area (Å²) in [5.74, 6) is 0.749. The first-order valence-corrected chi connectivity index (χ1v) is 11.4. The number of nitro benzene ring substituents is 1. The summed E-state index contributed by atoms with van der Waals surface area (Å²) in [6.07, 6.45) is 1.99. The molecule has 1 heterocycles. The van der Waals surface area contributed by atoms with E-state index in [1.807, 2.05) is 43.3 Å². The lowest BCUT2D eigenvalue weighted by Gasteiger charge is -2.32. The molecule has 9 nitrogen and oxygen atoms in total. The SMILES string of the molecule is CCC1=C(C(=O)OCc2ccccc2)C(c2ccc([N+](=O)[O-])cc2)C(OCCC#N)=C(CC=C=O)N1. The number of nitro groups is 1. The zero-order valence-corrected chi connectivity index (χ0v) is 19.7. The summed E-state index contributed by atoms with van der Waals surface area (Å²) in [5.41, 5.74) is 2.71. The maximum atomic E-state index is 13.5. The van der Waals surface area contributed by atoms with Crippen molar-refractivity contribution < 1.29 is 24.0 Å². The molecule has 1 aliphatic rings. The van der Waals surface area contributed by atoms with Crippen molar-refractivity contribution in [3.63, 3.8) is 0 Å². The van der Waals surface area contributed by atoms with Crippen LogP contribution in [-0.2, 0) is 25.7 Å². The number of esters is 1. The summed E-state index contributed by atoms with van der Waals surface area (Å²) < 4.78 is 11.6. The fourth-order valence-corrected chi connectivity index (χ4v) is 3.89. The fourth-order valence-electron chi connectivity index (χ4n) is 3.89. The minimum absolute atomic E-state index is 0.0547. The summed E-state index contributed by atoms with van der Waals surface area (Å²) in [6.45, 7) is 1.98. The van der Waals surface area contributed by atoms with Crippen LogP contribution in [0, 0.1) is 21.4 Å². The molecule has 1 N–H and O–H groups in total. The zero-order chi connectivity index (χ0) is 25.9. The highest BCUT2D eigenvalue weighted by Crippen LogP contribution is 2.41. The molecule has 0 saturated carbocycles. The van der Waals surface area contributed by atoms with Crippen LogP contribution in [0.4, 0.5) is 5.69 Å². The normalized spacial score (nSPS) is 14.8. The maximum Gasteiger partial charge on any atom is 0.337 e. The second kappa shape index (κ2) is 12.7. The van der Waals surface area contributed by atoms with Gasteiger partial charge in [-0.2, -0.15) is 5.26 Å². The molecule has 1 atom stereocenters.